The molecule has 0 aromatic heterocycles. The first kappa shape index (κ1) is 29.2. The van der Waals surface area contributed by atoms with Gasteiger partial charge in [-0.25, -0.2) is 4.39 Å². The normalized spacial score (nSPS) is 29.7. The maximum atomic E-state index is 16.1. The third kappa shape index (κ3) is 4.44. The molecule has 11 nitrogen and oxygen atoms in total. The van der Waals surface area contributed by atoms with Crippen molar-refractivity contribution in [3.05, 3.63) is 45.5 Å². The van der Waals surface area contributed by atoms with E-state index in [2.05, 4.69) is 4.90 Å². The molecule has 41 heavy (non-hydrogen) atoms. The summed E-state index contributed by atoms with van der Waals surface area (Å²) in [6, 6.07) is 0.0306. The number of nitrogens with zero attached hydrogens (tertiary/aromatic N) is 2. The molecule has 1 heterocycles. The van der Waals surface area contributed by atoms with Crippen LogP contribution in [-0.2, 0) is 32.1 Å². The Kier molecular flexibility index (Phi) is 7.48. The number of aromatic hydroxyl groups is 1. The highest BCUT2D eigenvalue weighted by atomic mass is 19.1. The fraction of sp³-hybridized carbons (Fsp3) is 0.552. The Hall–Kier alpha value is -3.32. The number of halogens is 1. The average molecular weight is 574 g/mol. The van der Waals surface area contributed by atoms with Gasteiger partial charge in [-0.05, 0) is 57.8 Å². The lowest BCUT2D eigenvalue weighted by Crippen LogP contribution is -2.65. The van der Waals surface area contributed by atoms with Gasteiger partial charge in [-0.1, -0.05) is 6.92 Å². The van der Waals surface area contributed by atoms with E-state index >= 15 is 4.39 Å². The number of ketones is 2. The van der Waals surface area contributed by atoms with Crippen LogP contribution in [0.1, 0.15) is 36.5 Å². The molecule has 5 rings (SSSR count). The maximum absolute atomic E-state index is 16.1. The number of fused-ring (bicyclic) bond motifs is 3. The molecule has 0 bridgehead atoms. The Labute approximate surface area is 236 Å². The number of carbonyl (C=O) groups excluding carboxylic acids is 3. The molecule has 2 fully saturated rings. The molecule has 6 N–H and O–H groups in total. The van der Waals surface area contributed by atoms with Crippen molar-refractivity contribution < 1.29 is 43.9 Å². The number of aliphatic hydroxyl groups is 3. The lowest BCUT2D eigenvalue weighted by atomic mass is 9.57. The summed E-state index contributed by atoms with van der Waals surface area (Å²) >= 11 is 0. The summed E-state index contributed by atoms with van der Waals surface area (Å²) in [5.41, 5.74) is 1.43. The minimum absolute atomic E-state index is 0.0332. The number of likely N-dealkylation sites (N-methyl/N-ethyl adjacent to an activating group) is 1. The maximum Gasteiger partial charge on any atom is 0.255 e. The number of amides is 1. The van der Waals surface area contributed by atoms with Gasteiger partial charge in [0, 0.05) is 42.3 Å². The Morgan fingerprint density at radius 1 is 1.24 bits per heavy atom. The molecule has 0 spiro atoms. The van der Waals surface area contributed by atoms with Crippen LogP contribution in [0.25, 0.3) is 5.76 Å². The number of aliphatic hydroxyl groups excluding tert-OH is 2. The Morgan fingerprint density at radius 3 is 2.54 bits per heavy atom. The molecule has 1 amide bonds. The lowest BCUT2D eigenvalue weighted by Gasteiger charge is -2.50. The van der Waals surface area contributed by atoms with Crippen molar-refractivity contribution in [1.29, 1.82) is 0 Å². The molecule has 5 atom stereocenters. The van der Waals surface area contributed by atoms with E-state index in [1.54, 1.807) is 0 Å². The summed E-state index contributed by atoms with van der Waals surface area (Å²) in [6.07, 6.45) is 0.727. The first-order valence-electron chi connectivity index (χ1n) is 13.8. The first-order chi connectivity index (χ1) is 19.3. The van der Waals surface area contributed by atoms with Crippen molar-refractivity contribution in [1.82, 2.24) is 9.80 Å². The molecule has 1 saturated carbocycles. The van der Waals surface area contributed by atoms with Crippen LogP contribution in [0.2, 0.25) is 0 Å². The second-order valence-corrected chi connectivity index (χ2v) is 11.7. The van der Waals surface area contributed by atoms with Crippen LogP contribution >= 0.6 is 0 Å². The van der Waals surface area contributed by atoms with Gasteiger partial charge in [0.05, 0.1) is 18.2 Å². The largest absolute Gasteiger partial charge is 0.508 e. The van der Waals surface area contributed by atoms with Crippen LogP contribution in [0, 0.1) is 23.6 Å². The molecular weight excluding hydrogens is 537 g/mol. The zero-order valence-electron chi connectivity index (χ0n) is 23.3. The molecule has 1 saturated heterocycles. The third-order valence-corrected chi connectivity index (χ3v) is 9.11. The summed E-state index contributed by atoms with van der Waals surface area (Å²) in [5, 5.41) is 44.8. The molecule has 1 aromatic rings. The SMILES string of the molecule is CCN(Cc1cc(O)c2c(c1F)C[C@H]1C[C@H]3[C@H](N(C)C)C(=O)C(C(N)=O)=C(O)[C@@]3(O)C(=O)C1=C2O)CC1CCOC1. The van der Waals surface area contributed by atoms with E-state index in [0.29, 0.717) is 32.2 Å². The Balaban J connectivity index is 1.58. The molecule has 1 unspecified atom stereocenters. The number of Topliss-reactive ketones (excluding diaryl/α,β-unsaturated/α-hetero) is 2. The molecule has 12 heteroatoms. The van der Waals surface area contributed by atoms with Crippen molar-refractivity contribution in [2.45, 2.75) is 44.4 Å². The lowest BCUT2D eigenvalue weighted by molar-refractivity contribution is -0.153. The number of phenolic OH excluding ortho intramolecular Hbond substituents is 1. The van der Waals surface area contributed by atoms with Crippen LogP contribution < -0.4 is 5.73 Å². The fourth-order valence-corrected chi connectivity index (χ4v) is 7.10. The number of carbonyl (C=O) groups is 3. The van der Waals surface area contributed by atoms with Crippen molar-refractivity contribution >= 4 is 23.2 Å². The standard InChI is InChI=1S/C29H36FN3O8/c1-4-33(10-13-5-6-41-12-13)11-15-9-18(34)20-16(22(15)30)7-14-8-17-23(32(2)3)25(36)21(28(31)39)27(38)29(17,40)26(37)19(14)24(20)35/h9,13-14,17,23,34-35,38,40H,4-8,10-12H2,1-3H3,(H2,31,39)/t13?,14-,17-,23-,29-/m0/s1. The predicted octanol–water partition coefficient (Wildman–Crippen LogP) is 0.962. The minimum atomic E-state index is -2.73. The van der Waals surface area contributed by atoms with Gasteiger partial charge in [-0.15, -0.1) is 0 Å². The summed E-state index contributed by atoms with van der Waals surface area (Å²) < 4.78 is 21.5. The van der Waals surface area contributed by atoms with Gasteiger partial charge in [0.25, 0.3) is 5.91 Å². The quantitative estimate of drug-likeness (QED) is 0.296. The van der Waals surface area contributed by atoms with Gasteiger partial charge in [-0.3, -0.25) is 24.2 Å². The van der Waals surface area contributed by atoms with E-state index < -0.39 is 69.6 Å². The highest BCUT2D eigenvalue weighted by Crippen LogP contribution is 2.53. The summed E-state index contributed by atoms with van der Waals surface area (Å²) in [7, 11) is 3.04. The average Bonchev–Trinajstić information content (AvgIpc) is 3.41. The van der Waals surface area contributed by atoms with E-state index in [1.807, 2.05) is 6.92 Å². The van der Waals surface area contributed by atoms with Crippen LogP contribution in [0.15, 0.2) is 23.0 Å². The van der Waals surface area contributed by atoms with E-state index in [4.69, 9.17) is 10.5 Å². The molecule has 222 valence electrons. The molecule has 0 radical (unpaired) electrons. The summed E-state index contributed by atoms with van der Waals surface area (Å²) in [4.78, 5) is 42.6. The van der Waals surface area contributed by atoms with Crippen LogP contribution in [0.3, 0.4) is 0 Å². The van der Waals surface area contributed by atoms with E-state index in [-0.39, 0.29) is 41.6 Å². The minimum Gasteiger partial charge on any atom is -0.508 e. The molecule has 1 aliphatic heterocycles. The monoisotopic (exact) mass is 573 g/mol. The smallest absolute Gasteiger partial charge is 0.255 e. The van der Waals surface area contributed by atoms with E-state index in [0.717, 1.165) is 6.42 Å². The predicted molar refractivity (Wildman–Crippen MR) is 144 cm³/mol. The summed E-state index contributed by atoms with van der Waals surface area (Å²) in [5.74, 6) is -7.90. The zero-order valence-corrected chi connectivity index (χ0v) is 23.3. The number of rotatable bonds is 7. The Bertz CT molecular complexity index is 1380. The highest BCUT2D eigenvalue weighted by Gasteiger charge is 2.64. The highest BCUT2D eigenvalue weighted by molar-refractivity contribution is 6.24. The molecule has 1 aromatic carbocycles. The second kappa shape index (κ2) is 10.5. The fourth-order valence-electron chi connectivity index (χ4n) is 7.10. The Morgan fingerprint density at radius 2 is 1.95 bits per heavy atom. The number of nitrogens with two attached hydrogens (primary N) is 1. The van der Waals surface area contributed by atoms with Crippen molar-refractivity contribution in [2.75, 3.05) is 40.4 Å². The van der Waals surface area contributed by atoms with E-state index in [9.17, 15) is 34.8 Å². The number of primary amides is 1. The van der Waals surface area contributed by atoms with Gasteiger partial charge in [0.2, 0.25) is 5.78 Å². The second-order valence-electron chi connectivity index (χ2n) is 11.7. The van der Waals surface area contributed by atoms with Gasteiger partial charge in [0.15, 0.2) is 11.4 Å². The molecule has 4 aliphatic rings. The van der Waals surface area contributed by atoms with Crippen molar-refractivity contribution in [2.24, 2.45) is 23.5 Å². The number of hydrogen-bond donors (Lipinski definition) is 5. The number of phenols is 1. The molecular formula is C29H36FN3O8. The number of ether oxygens (including phenoxy) is 1. The summed E-state index contributed by atoms with van der Waals surface area (Å²) in [6.45, 7) is 4.85. The van der Waals surface area contributed by atoms with Gasteiger partial charge >= 0.3 is 0 Å². The number of hydrogen-bond acceptors (Lipinski definition) is 10. The molecule has 3 aliphatic carbocycles. The number of benzene rings is 1. The zero-order chi connectivity index (χ0) is 30.0. The topological polar surface area (TPSA) is 174 Å². The van der Waals surface area contributed by atoms with Gasteiger partial charge in [0.1, 0.15) is 28.7 Å². The third-order valence-electron chi connectivity index (χ3n) is 9.11. The van der Waals surface area contributed by atoms with Crippen LogP contribution in [-0.4, -0.2) is 99.7 Å². The van der Waals surface area contributed by atoms with Crippen LogP contribution in [0.4, 0.5) is 4.39 Å². The van der Waals surface area contributed by atoms with E-state index in [1.165, 1.54) is 25.1 Å². The van der Waals surface area contributed by atoms with Crippen LogP contribution in [0.5, 0.6) is 5.75 Å². The van der Waals surface area contributed by atoms with Gasteiger partial charge in [-0.2, -0.15) is 0 Å². The van der Waals surface area contributed by atoms with Crippen molar-refractivity contribution in [3.8, 4) is 5.75 Å². The van der Waals surface area contributed by atoms with Gasteiger partial charge < -0.3 is 30.9 Å². The van der Waals surface area contributed by atoms with Crippen molar-refractivity contribution in [3.63, 3.8) is 0 Å². The first-order valence-corrected chi connectivity index (χ1v) is 13.8.